The van der Waals surface area contributed by atoms with Gasteiger partial charge < -0.3 is 14.8 Å². The van der Waals surface area contributed by atoms with Crippen molar-refractivity contribution in [3.8, 4) is 11.5 Å². The molecule has 0 aliphatic heterocycles. The van der Waals surface area contributed by atoms with E-state index in [1.165, 1.54) is 50.5 Å². The van der Waals surface area contributed by atoms with Gasteiger partial charge >= 0.3 is 0 Å². The molecule has 118 valence electrons. The summed E-state index contributed by atoms with van der Waals surface area (Å²) in [5, 5.41) is 3.45. The third kappa shape index (κ3) is 4.37. The van der Waals surface area contributed by atoms with Crippen LogP contribution in [0.1, 0.15) is 56.6 Å². The predicted molar refractivity (Wildman–Crippen MR) is 87.2 cm³/mol. The molecule has 2 rings (SSSR count). The number of benzene rings is 1. The van der Waals surface area contributed by atoms with Gasteiger partial charge in [0.25, 0.3) is 0 Å². The van der Waals surface area contributed by atoms with Crippen molar-refractivity contribution < 1.29 is 9.47 Å². The van der Waals surface area contributed by atoms with Gasteiger partial charge in [0, 0.05) is 17.7 Å². The molecule has 0 aromatic heterocycles. The van der Waals surface area contributed by atoms with Crippen molar-refractivity contribution in [1.29, 1.82) is 0 Å². The zero-order valence-corrected chi connectivity index (χ0v) is 13.7. The molecule has 0 spiro atoms. The summed E-state index contributed by atoms with van der Waals surface area (Å²) in [5.41, 5.74) is 1.23. The molecule has 0 saturated heterocycles. The number of nitrogens with one attached hydrogen (secondary N) is 1. The van der Waals surface area contributed by atoms with Gasteiger partial charge in [-0.2, -0.15) is 0 Å². The molecule has 1 aromatic rings. The van der Waals surface area contributed by atoms with Crippen LogP contribution in [0.4, 0.5) is 0 Å². The van der Waals surface area contributed by atoms with Crippen molar-refractivity contribution in [2.24, 2.45) is 5.92 Å². The molecule has 0 radical (unpaired) electrons. The van der Waals surface area contributed by atoms with Crippen molar-refractivity contribution in [2.75, 3.05) is 21.3 Å². The smallest absolute Gasteiger partial charge is 0.127 e. The van der Waals surface area contributed by atoms with E-state index in [1.54, 1.807) is 14.2 Å². The van der Waals surface area contributed by atoms with Crippen LogP contribution in [0.2, 0.25) is 0 Å². The van der Waals surface area contributed by atoms with Gasteiger partial charge in [0.2, 0.25) is 0 Å². The van der Waals surface area contributed by atoms with Crippen molar-refractivity contribution in [3.63, 3.8) is 0 Å². The van der Waals surface area contributed by atoms with Gasteiger partial charge in [0.15, 0.2) is 0 Å². The van der Waals surface area contributed by atoms with E-state index in [4.69, 9.17) is 9.47 Å². The molecule has 1 saturated carbocycles. The first kappa shape index (κ1) is 16.2. The minimum Gasteiger partial charge on any atom is -0.497 e. The summed E-state index contributed by atoms with van der Waals surface area (Å²) >= 11 is 0. The maximum absolute atomic E-state index is 5.54. The zero-order chi connectivity index (χ0) is 15.1. The minimum atomic E-state index is 0.354. The fourth-order valence-corrected chi connectivity index (χ4v) is 3.44. The fourth-order valence-electron chi connectivity index (χ4n) is 3.44. The van der Waals surface area contributed by atoms with Gasteiger partial charge in [-0.15, -0.1) is 0 Å². The highest BCUT2D eigenvalue weighted by molar-refractivity contribution is 5.42. The summed E-state index contributed by atoms with van der Waals surface area (Å²) in [6.45, 7) is 0. The second-order valence-electron chi connectivity index (χ2n) is 6.03. The Balaban J connectivity index is 2.02. The maximum atomic E-state index is 5.54. The van der Waals surface area contributed by atoms with Gasteiger partial charge in [-0.1, -0.05) is 38.2 Å². The molecule has 1 N–H and O–H groups in total. The summed E-state index contributed by atoms with van der Waals surface area (Å²) < 4.78 is 10.8. The van der Waals surface area contributed by atoms with E-state index < -0.39 is 0 Å². The molecule has 1 aromatic carbocycles. The maximum Gasteiger partial charge on any atom is 0.127 e. The van der Waals surface area contributed by atoms with E-state index in [9.17, 15) is 0 Å². The fraction of sp³-hybridized carbons (Fsp3) is 0.667. The average Bonchev–Trinajstić information content (AvgIpc) is 2.56. The lowest BCUT2D eigenvalue weighted by Gasteiger charge is -2.25. The van der Waals surface area contributed by atoms with Crippen LogP contribution < -0.4 is 14.8 Å². The van der Waals surface area contributed by atoms with E-state index in [2.05, 4.69) is 11.4 Å². The second-order valence-corrected chi connectivity index (χ2v) is 6.03. The second kappa shape index (κ2) is 8.28. The Morgan fingerprint density at radius 1 is 1.14 bits per heavy atom. The van der Waals surface area contributed by atoms with Crippen LogP contribution in [-0.2, 0) is 0 Å². The van der Waals surface area contributed by atoms with E-state index in [-0.39, 0.29) is 0 Å². The molecular weight excluding hydrogens is 262 g/mol. The van der Waals surface area contributed by atoms with Crippen LogP contribution in [0.15, 0.2) is 18.2 Å². The van der Waals surface area contributed by atoms with E-state index in [0.29, 0.717) is 6.04 Å². The Kier molecular flexibility index (Phi) is 6.37. The predicted octanol–water partition coefficient (Wildman–Crippen LogP) is 4.32. The van der Waals surface area contributed by atoms with E-state index in [1.807, 2.05) is 19.2 Å². The summed E-state index contributed by atoms with van der Waals surface area (Å²) in [6.07, 6.45) is 9.57. The lowest BCUT2D eigenvalue weighted by Crippen LogP contribution is -2.19. The molecule has 0 bridgehead atoms. The van der Waals surface area contributed by atoms with E-state index >= 15 is 0 Å². The highest BCUT2D eigenvalue weighted by Gasteiger charge is 2.19. The monoisotopic (exact) mass is 291 g/mol. The molecule has 1 aliphatic rings. The Morgan fingerprint density at radius 3 is 2.52 bits per heavy atom. The van der Waals surface area contributed by atoms with Crippen molar-refractivity contribution in [3.05, 3.63) is 23.8 Å². The SMILES string of the molecule is CNC(CCC1CCCCC1)c1ccc(OC)cc1OC. The van der Waals surface area contributed by atoms with Gasteiger partial charge in [-0.3, -0.25) is 0 Å². The first-order chi connectivity index (χ1) is 10.3. The quantitative estimate of drug-likeness (QED) is 0.811. The van der Waals surface area contributed by atoms with Crippen LogP contribution in [0, 0.1) is 5.92 Å². The summed E-state index contributed by atoms with van der Waals surface area (Å²) in [5.74, 6) is 2.67. The highest BCUT2D eigenvalue weighted by Crippen LogP contribution is 2.34. The van der Waals surface area contributed by atoms with Crippen LogP contribution >= 0.6 is 0 Å². The number of rotatable bonds is 7. The largest absolute Gasteiger partial charge is 0.497 e. The van der Waals surface area contributed by atoms with Gasteiger partial charge in [-0.05, 0) is 31.9 Å². The van der Waals surface area contributed by atoms with E-state index in [0.717, 1.165) is 17.4 Å². The zero-order valence-electron chi connectivity index (χ0n) is 13.7. The number of hydrogen-bond donors (Lipinski definition) is 1. The van der Waals surface area contributed by atoms with Gasteiger partial charge in [0.1, 0.15) is 11.5 Å². The Hall–Kier alpha value is -1.22. The molecule has 21 heavy (non-hydrogen) atoms. The Bertz CT molecular complexity index is 427. The molecule has 1 fully saturated rings. The van der Waals surface area contributed by atoms with Crippen LogP contribution in [0.5, 0.6) is 11.5 Å². The molecular formula is C18H29NO2. The lowest BCUT2D eigenvalue weighted by atomic mass is 9.84. The summed E-state index contributed by atoms with van der Waals surface area (Å²) in [4.78, 5) is 0. The van der Waals surface area contributed by atoms with Crippen LogP contribution in [0.25, 0.3) is 0 Å². The molecule has 1 atom stereocenters. The molecule has 3 nitrogen and oxygen atoms in total. The number of ether oxygens (including phenoxy) is 2. The molecule has 1 unspecified atom stereocenters. The van der Waals surface area contributed by atoms with Crippen molar-refractivity contribution >= 4 is 0 Å². The average molecular weight is 291 g/mol. The van der Waals surface area contributed by atoms with Crippen LogP contribution in [0.3, 0.4) is 0 Å². The van der Waals surface area contributed by atoms with Crippen LogP contribution in [-0.4, -0.2) is 21.3 Å². The third-order valence-corrected chi connectivity index (χ3v) is 4.75. The summed E-state index contributed by atoms with van der Waals surface area (Å²) in [6, 6.07) is 6.47. The minimum absolute atomic E-state index is 0.354. The Morgan fingerprint density at radius 2 is 1.90 bits per heavy atom. The topological polar surface area (TPSA) is 30.5 Å². The highest BCUT2D eigenvalue weighted by atomic mass is 16.5. The normalized spacial score (nSPS) is 17.5. The molecule has 0 amide bonds. The van der Waals surface area contributed by atoms with Crippen molar-refractivity contribution in [1.82, 2.24) is 5.32 Å². The lowest BCUT2D eigenvalue weighted by molar-refractivity contribution is 0.314. The number of hydrogen-bond acceptors (Lipinski definition) is 3. The number of methoxy groups -OCH3 is 2. The standard InChI is InChI=1S/C18H29NO2/c1-19-17(12-9-14-7-5-4-6-8-14)16-11-10-15(20-2)13-18(16)21-3/h10-11,13-14,17,19H,4-9,12H2,1-3H3. The Labute approximate surface area is 129 Å². The van der Waals surface area contributed by atoms with Gasteiger partial charge in [0.05, 0.1) is 14.2 Å². The van der Waals surface area contributed by atoms with Gasteiger partial charge in [-0.25, -0.2) is 0 Å². The first-order valence-corrected chi connectivity index (χ1v) is 8.17. The first-order valence-electron chi connectivity index (χ1n) is 8.17. The third-order valence-electron chi connectivity index (χ3n) is 4.75. The van der Waals surface area contributed by atoms with Crippen molar-refractivity contribution in [2.45, 2.75) is 51.0 Å². The molecule has 1 aliphatic carbocycles. The molecule has 3 heteroatoms. The summed E-state index contributed by atoms with van der Waals surface area (Å²) in [7, 11) is 5.45. The molecule has 0 heterocycles.